The molecule has 11 heteroatoms. The average molecular weight is 594 g/mol. The summed E-state index contributed by atoms with van der Waals surface area (Å²) in [7, 11) is 3.16. The lowest BCUT2D eigenvalue weighted by Crippen LogP contribution is -2.37. The Morgan fingerprint density at radius 3 is 2.49 bits per heavy atom. The molecule has 5 rings (SSSR count). The first-order valence-corrected chi connectivity index (χ1v) is 14.5. The van der Waals surface area contributed by atoms with Crippen LogP contribution in [0.15, 0.2) is 41.6 Å². The van der Waals surface area contributed by atoms with Crippen LogP contribution in [-0.4, -0.2) is 70.3 Å². The van der Waals surface area contributed by atoms with E-state index in [0.717, 1.165) is 16.7 Å². The highest BCUT2D eigenvalue weighted by Crippen LogP contribution is 2.48. The first-order valence-electron chi connectivity index (χ1n) is 14.5. The van der Waals surface area contributed by atoms with Crippen LogP contribution in [0.4, 0.5) is 0 Å². The standard InChI is InChI=1S/C32H39N3O8/c1-17(2)11-28(36)33-9-10-34-29(37)16-41-32-19(7-8-22-21(32)13-23(42-22)18(3)4)31-30-20-12-25(38-5)26(39-6)14-24(20)40-15-27(30)43-35-31/h7-8,12,14,17,23,27,30H,3,9-11,13,15-16H2,1-2,4-6H3,(H,33,36)(H,34,37)/t23-,27?,30?/m1/s1. The van der Waals surface area contributed by atoms with Gasteiger partial charge in [0.05, 0.1) is 20.1 Å². The maximum atomic E-state index is 12.8. The molecule has 0 bridgehead atoms. The normalized spacial score (nSPS) is 19.5. The van der Waals surface area contributed by atoms with Gasteiger partial charge in [-0.15, -0.1) is 0 Å². The summed E-state index contributed by atoms with van der Waals surface area (Å²) in [6.45, 7) is 10.7. The molecule has 2 aromatic carbocycles. The van der Waals surface area contributed by atoms with Gasteiger partial charge in [-0.2, -0.15) is 0 Å². The molecular weight excluding hydrogens is 554 g/mol. The maximum Gasteiger partial charge on any atom is 0.258 e. The van der Waals surface area contributed by atoms with E-state index in [-0.39, 0.29) is 42.5 Å². The second-order valence-electron chi connectivity index (χ2n) is 11.3. The molecule has 11 nitrogen and oxygen atoms in total. The van der Waals surface area contributed by atoms with Crippen LogP contribution in [0.3, 0.4) is 0 Å². The quantitative estimate of drug-likeness (QED) is 0.283. The lowest BCUT2D eigenvalue weighted by atomic mass is 9.83. The van der Waals surface area contributed by atoms with E-state index >= 15 is 0 Å². The van der Waals surface area contributed by atoms with E-state index in [9.17, 15) is 9.59 Å². The summed E-state index contributed by atoms with van der Waals surface area (Å²) >= 11 is 0. The van der Waals surface area contributed by atoms with Crippen LogP contribution in [0.25, 0.3) is 0 Å². The number of hydrogen-bond donors (Lipinski definition) is 2. The van der Waals surface area contributed by atoms with E-state index in [1.54, 1.807) is 20.3 Å². The second kappa shape index (κ2) is 12.8. The summed E-state index contributed by atoms with van der Waals surface area (Å²) in [5.41, 5.74) is 3.94. The Bertz CT molecular complexity index is 1440. The van der Waals surface area contributed by atoms with Gasteiger partial charge in [0.25, 0.3) is 5.91 Å². The summed E-state index contributed by atoms with van der Waals surface area (Å²) in [6, 6.07) is 7.47. The molecule has 0 aliphatic carbocycles. The van der Waals surface area contributed by atoms with Crippen molar-refractivity contribution in [1.29, 1.82) is 0 Å². The molecule has 0 radical (unpaired) electrons. The molecule has 0 aromatic heterocycles. The monoisotopic (exact) mass is 593 g/mol. The number of methoxy groups -OCH3 is 2. The fourth-order valence-electron chi connectivity index (χ4n) is 5.50. The number of nitrogens with zero attached hydrogens (tertiary/aromatic N) is 1. The van der Waals surface area contributed by atoms with Gasteiger partial charge >= 0.3 is 0 Å². The Balaban J connectivity index is 1.39. The third-order valence-corrected chi connectivity index (χ3v) is 7.62. The van der Waals surface area contributed by atoms with Crippen molar-refractivity contribution in [2.45, 2.75) is 51.7 Å². The molecule has 3 aliphatic rings. The lowest BCUT2D eigenvalue weighted by Gasteiger charge is -2.29. The van der Waals surface area contributed by atoms with Gasteiger partial charge in [0.2, 0.25) is 5.91 Å². The van der Waals surface area contributed by atoms with E-state index in [4.69, 9.17) is 28.5 Å². The summed E-state index contributed by atoms with van der Waals surface area (Å²) in [6.07, 6.45) is 0.435. The lowest BCUT2D eigenvalue weighted by molar-refractivity contribution is -0.124. The molecule has 0 saturated carbocycles. The van der Waals surface area contributed by atoms with Gasteiger partial charge in [-0.05, 0) is 36.6 Å². The predicted molar refractivity (Wildman–Crippen MR) is 160 cm³/mol. The minimum absolute atomic E-state index is 0.0410. The van der Waals surface area contributed by atoms with E-state index in [2.05, 4.69) is 22.4 Å². The first kappa shape index (κ1) is 30.1. The molecule has 3 atom stereocenters. The predicted octanol–water partition coefficient (Wildman–Crippen LogP) is 3.52. The number of hydrogen-bond acceptors (Lipinski definition) is 9. The highest BCUT2D eigenvalue weighted by atomic mass is 16.7. The number of ether oxygens (including phenoxy) is 5. The van der Waals surface area contributed by atoms with Crippen LogP contribution in [-0.2, 0) is 20.8 Å². The topological polar surface area (TPSA) is 126 Å². The van der Waals surface area contributed by atoms with Gasteiger partial charge in [0.15, 0.2) is 24.2 Å². The fraction of sp³-hybridized carbons (Fsp3) is 0.469. The number of nitrogens with one attached hydrogen (secondary N) is 2. The Morgan fingerprint density at radius 2 is 1.79 bits per heavy atom. The van der Waals surface area contributed by atoms with Gasteiger partial charge in [-0.3, -0.25) is 9.59 Å². The van der Waals surface area contributed by atoms with E-state index in [0.29, 0.717) is 72.6 Å². The molecule has 230 valence electrons. The molecule has 2 amide bonds. The smallest absolute Gasteiger partial charge is 0.258 e. The second-order valence-corrected chi connectivity index (χ2v) is 11.3. The highest BCUT2D eigenvalue weighted by molar-refractivity contribution is 6.09. The number of oxime groups is 1. The minimum atomic E-state index is -0.352. The van der Waals surface area contributed by atoms with Crippen molar-refractivity contribution in [2.24, 2.45) is 11.1 Å². The van der Waals surface area contributed by atoms with E-state index < -0.39 is 0 Å². The molecule has 43 heavy (non-hydrogen) atoms. The Labute approximate surface area is 251 Å². The minimum Gasteiger partial charge on any atom is -0.493 e. The molecule has 0 fully saturated rings. The molecule has 3 heterocycles. The van der Waals surface area contributed by atoms with Crippen LogP contribution < -0.4 is 34.3 Å². The maximum absolute atomic E-state index is 12.8. The van der Waals surface area contributed by atoms with Crippen LogP contribution in [0, 0.1) is 5.92 Å². The van der Waals surface area contributed by atoms with Crippen molar-refractivity contribution < 1.29 is 38.1 Å². The third kappa shape index (κ3) is 6.35. The zero-order valence-corrected chi connectivity index (χ0v) is 25.3. The van der Waals surface area contributed by atoms with Gasteiger partial charge in [0, 0.05) is 48.7 Å². The fourth-order valence-corrected chi connectivity index (χ4v) is 5.50. The van der Waals surface area contributed by atoms with E-state index in [1.807, 2.05) is 39.0 Å². The Kier molecular flexibility index (Phi) is 8.98. The third-order valence-electron chi connectivity index (χ3n) is 7.62. The van der Waals surface area contributed by atoms with Gasteiger partial charge < -0.3 is 39.2 Å². The number of amides is 2. The van der Waals surface area contributed by atoms with Crippen molar-refractivity contribution in [2.75, 3.05) is 40.5 Å². The highest BCUT2D eigenvalue weighted by Gasteiger charge is 2.44. The molecule has 0 spiro atoms. The van der Waals surface area contributed by atoms with Gasteiger partial charge in [-0.1, -0.05) is 25.6 Å². The Morgan fingerprint density at radius 1 is 1.07 bits per heavy atom. The molecule has 3 aliphatic heterocycles. The zero-order chi connectivity index (χ0) is 30.7. The zero-order valence-electron chi connectivity index (χ0n) is 25.3. The molecule has 2 unspecified atom stereocenters. The van der Waals surface area contributed by atoms with Crippen molar-refractivity contribution in [3.8, 4) is 28.7 Å². The summed E-state index contributed by atoms with van der Waals surface area (Å²) in [5, 5.41) is 10.1. The number of benzene rings is 2. The summed E-state index contributed by atoms with van der Waals surface area (Å²) in [4.78, 5) is 30.5. The van der Waals surface area contributed by atoms with Crippen molar-refractivity contribution in [1.82, 2.24) is 10.6 Å². The number of fused-ring (bicyclic) bond motifs is 4. The number of rotatable bonds is 12. The van der Waals surface area contributed by atoms with Gasteiger partial charge in [-0.25, -0.2) is 0 Å². The molecule has 2 N–H and O–H groups in total. The van der Waals surface area contributed by atoms with E-state index in [1.165, 1.54) is 0 Å². The number of carbonyl (C=O) groups excluding carboxylic acids is 2. The van der Waals surface area contributed by atoms with Gasteiger partial charge in [0.1, 0.15) is 35.7 Å². The van der Waals surface area contributed by atoms with Crippen molar-refractivity contribution in [3.63, 3.8) is 0 Å². The molecule has 0 saturated heterocycles. The van der Waals surface area contributed by atoms with Crippen LogP contribution >= 0.6 is 0 Å². The summed E-state index contributed by atoms with van der Waals surface area (Å²) < 4.78 is 29.4. The Hall–Kier alpha value is -4.41. The molecular formula is C32H39N3O8. The van der Waals surface area contributed by atoms with Crippen LogP contribution in [0.5, 0.6) is 28.7 Å². The average Bonchev–Trinajstić information content (AvgIpc) is 3.62. The van der Waals surface area contributed by atoms with Crippen LogP contribution in [0.2, 0.25) is 0 Å². The molecule has 2 aromatic rings. The van der Waals surface area contributed by atoms with Crippen molar-refractivity contribution in [3.05, 3.63) is 53.1 Å². The SMILES string of the molecule is C=C(C)[C@H]1Cc2c(ccc(C3=NOC4COc5cc(OC)c(OC)cc5C34)c2OCC(=O)NCCNC(=O)CC(C)C)O1. The largest absolute Gasteiger partial charge is 0.493 e. The van der Waals surface area contributed by atoms with Crippen molar-refractivity contribution >= 4 is 17.5 Å². The summed E-state index contributed by atoms with van der Waals surface area (Å²) in [5.74, 6) is 2.62. The number of carbonyl (C=O) groups is 2. The van der Waals surface area contributed by atoms with Crippen LogP contribution in [0.1, 0.15) is 49.8 Å². The first-order chi connectivity index (χ1) is 20.7.